The number of halogens is 2. The van der Waals surface area contributed by atoms with E-state index in [0.717, 1.165) is 50.5 Å². The summed E-state index contributed by atoms with van der Waals surface area (Å²) < 4.78 is 29.9. The maximum atomic E-state index is 14.4. The Morgan fingerprint density at radius 2 is 1.79 bits per heavy atom. The fourth-order valence-corrected chi connectivity index (χ4v) is 5.28. The number of aliphatic hydroxyl groups is 1. The number of nitrogens with zero attached hydrogens (tertiary/aromatic N) is 4. The predicted octanol–water partition coefficient (Wildman–Crippen LogP) is 5.56. The first-order valence-electron chi connectivity index (χ1n) is 12.3. The monoisotopic (exact) mass is 470 g/mol. The van der Waals surface area contributed by atoms with Crippen LogP contribution in [0.2, 0.25) is 0 Å². The molecule has 2 aliphatic carbocycles. The standard InChI is InChI=1S/C25H32F2N6O/c1-15-2-7-18(8-3-15)29-24-28-13-22-23(32-24)33(19-9-4-16(14-34)5-10-19)25(31-22)30-21-11-6-17(26)12-20(21)27/h6,11-13,15-16,18-19,34H,2-5,7-10,14H2,1H3,(H,30,31)(H,28,29,32)/t15-,16-,18-,19+. The first-order chi connectivity index (χ1) is 16.5. The molecular formula is C25H32F2N6O. The molecule has 2 heterocycles. The van der Waals surface area contributed by atoms with Gasteiger partial charge in [-0.15, -0.1) is 0 Å². The Balaban J connectivity index is 1.48. The summed E-state index contributed by atoms with van der Waals surface area (Å²) in [4.78, 5) is 14.0. The quantitative estimate of drug-likeness (QED) is 0.437. The smallest absolute Gasteiger partial charge is 0.224 e. The van der Waals surface area contributed by atoms with Crippen LogP contribution < -0.4 is 10.6 Å². The second kappa shape index (κ2) is 9.82. The molecular weight excluding hydrogens is 438 g/mol. The zero-order valence-corrected chi connectivity index (χ0v) is 19.5. The Labute approximate surface area is 198 Å². The van der Waals surface area contributed by atoms with E-state index >= 15 is 0 Å². The molecule has 0 spiro atoms. The zero-order chi connectivity index (χ0) is 23.7. The number of hydrogen-bond acceptors (Lipinski definition) is 6. The third-order valence-corrected chi connectivity index (χ3v) is 7.40. The van der Waals surface area contributed by atoms with Gasteiger partial charge in [0.1, 0.15) is 17.2 Å². The van der Waals surface area contributed by atoms with E-state index in [-0.39, 0.29) is 18.3 Å². The van der Waals surface area contributed by atoms with Gasteiger partial charge in [0, 0.05) is 24.8 Å². The zero-order valence-electron chi connectivity index (χ0n) is 19.5. The van der Waals surface area contributed by atoms with Crippen LogP contribution in [0.5, 0.6) is 0 Å². The Morgan fingerprint density at radius 3 is 2.50 bits per heavy atom. The highest BCUT2D eigenvalue weighted by molar-refractivity contribution is 5.76. The van der Waals surface area contributed by atoms with Crippen molar-refractivity contribution in [2.75, 3.05) is 17.2 Å². The summed E-state index contributed by atoms with van der Waals surface area (Å²) in [7, 11) is 0. The van der Waals surface area contributed by atoms with Crippen LogP contribution in [0.25, 0.3) is 11.2 Å². The van der Waals surface area contributed by atoms with Gasteiger partial charge in [-0.25, -0.2) is 18.7 Å². The lowest BCUT2D eigenvalue weighted by Gasteiger charge is -2.29. The number of aromatic nitrogens is 4. The average molecular weight is 471 g/mol. The summed E-state index contributed by atoms with van der Waals surface area (Å²) in [5, 5.41) is 16.1. The van der Waals surface area contributed by atoms with Crippen molar-refractivity contribution in [3.05, 3.63) is 36.0 Å². The molecule has 0 aliphatic heterocycles. The van der Waals surface area contributed by atoms with Crippen molar-refractivity contribution < 1.29 is 13.9 Å². The second-order valence-electron chi connectivity index (χ2n) is 9.92. The van der Waals surface area contributed by atoms with Gasteiger partial charge in [-0.2, -0.15) is 4.98 Å². The van der Waals surface area contributed by atoms with Crippen LogP contribution >= 0.6 is 0 Å². The Morgan fingerprint density at radius 1 is 1.03 bits per heavy atom. The van der Waals surface area contributed by atoms with Gasteiger partial charge in [0.05, 0.1) is 11.9 Å². The van der Waals surface area contributed by atoms with Gasteiger partial charge >= 0.3 is 0 Å². The molecule has 7 nitrogen and oxygen atoms in total. The van der Waals surface area contributed by atoms with E-state index in [1.165, 1.54) is 25.0 Å². The molecule has 0 atom stereocenters. The summed E-state index contributed by atoms with van der Waals surface area (Å²) >= 11 is 0. The van der Waals surface area contributed by atoms with Crippen LogP contribution in [0.4, 0.5) is 26.4 Å². The van der Waals surface area contributed by atoms with Crippen LogP contribution in [0.1, 0.15) is 64.3 Å². The van der Waals surface area contributed by atoms with Gasteiger partial charge in [-0.05, 0) is 75.3 Å². The Hall–Kier alpha value is -2.81. The van der Waals surface area contributed by atoms with Crippen LogP contribution in [-0.2, 0) is 0 Å². The fourth-order valence-electron chi connectivity index (χ4n) is 5.28. The molecule has 3 N–H and O–H groups in total. The number of benzene rings is 1. The van der Waals surface area contributed by atoms with Gasteiger partial charge < -0.3 is 15.7 Å². The minimum atomic E-state index is -0.678. The van der Waals surface area contributed by atoms with Crippen molar-refractivity contribution >= 4 is 28.7 Å². The molecule has 0 amide bonds. The first-order valence-corrected chi connectivity index (χ1v) is 12.3. The van der Waals surface area contributed by atoms with Crippen LogP contribution in [0.3, 0.4) is 0 Å². The summed E-state index contributed by atoms with van der Waals surface area (Å²) in [6.45, 7) is 2.49. The highest BCUT2D eigenvalue weighted by atomic mass is 19.1. The van der Waals surface area contributed by atoms with E-state index in [1.807, 2.05) is 4.57 Å². The predicted molar refractivity (Wildman–Crippen MR) is 128 cm³/mol. The van der Waals surface area contributed by atoms with Crippen molar-refractivity contribution in [1.29, 1.82) is 0 Å². The summed E-state index contributed by atoms with van der Waals surface area (Å²) in [5.41, 5.74) is 1.47. The number of imidazole rings is 1. The molecule has 0 saturated heterocycles. The molecule has 34 heavy (non-hydrogen) atoms. The molecule has 2 aromatic heterocycles. The third kappa shape index (κ3) is 4.85. The van der Waals surface area contributed by atoms with E-state index in [9.17, 15) is 13.9 Å². The van der Waals surface area contributed by atoms with Crippen LogP contribution in [0.15, 0.2) is 24.4 Å². The summed E-state index contributed by atoms with van der Waals surface area (Å²) in [6.07, 6.45) is 9.84. The van der Waals surface area contributed by atoms with Gasteiger partial charge in [-0.3, -0.25) is 4.57 Å². The van der Waals surface area contributed by atoms with E-state index in [1.54, 1.807) is 6.20 Å². The highest BCUT2D eigenvalue weighted by Gasteiger charge is 2.27. The van der Waals surface area contributed by atoms with Gasteiger partial charge in [0.25, 0.3) is 0 Å². The number of rotatable bonds is 6. The maximum Gasteiger partial charge on any atom is 0.224 e. The number of hydrogen-bond donors (Lipinski definition) is 3. The molecule has 1 aromatic carbocycles. The lowest BCUT2D eigenvalue weighted by atomic mass is 9.86. The molecule has 2 fully saturated rings. The van der Waals surface area contributed by atoms with Crippen molar-refractivity contribution in [2.24, 2.45) is 11.8 Å². The van der Waals surface area contributed by atoms with Gasteiger partial charge in [-0.1, -0.05) is 6.92 Å². The van der Waals surface area contributed by atoms with Crippen molar-refractivity contribution in [3.63, 3.8) is 0 Å². The molecule has 5 rings (SSSR count). The van der Waals surface area contributed by atoms with Crippen molar-refractivity contribution in [3.8, 4) is 0 Å². The average Bonchev–Trinajstić information content (AvgIpc) is 3.19. The maximum absolute atomic E-state index is 14.4. The molecule has 2 saturated carbocycles. The Kier molecular flexibility index (Phi) is 6.63. The van der Waals surface area contributed by atoms with E-state index in [2.05, 4.69) is 27.5 Å². The first kappa shape index (κ1) is 23.0. The van der Waals surface area contributed by atoms with Gasteiger partial charge in [0.15, 0.2) is 5.65 Å². The number of aliphatic hydroxyl groups excluding tert-OH is 1. The lowest BCUT2D eigenvalue weighted by molar-refractivity contribution is 0.170. The highest BCUT2D eigenvalue weighted by Crippen LogP contribution is 2.37. The molecule has 0 radical (unpaired) electrons. The topological polar surface area (TPSA) is 87.9 Å². The van der Waals surface area contributed by atoms with E-state index in [0.29, 0.717) is 35.0 Å². The third-order valence-electron chi connectivity index (χ3n) is 7.40. The molecule has 0 bridgehead atoms. The molecule has 182 valence electrons. The molecule has 0 unspecified atom stereocenters. The summed E-state index contributed by atoms with van der Waals surface area (Å²) in [5.74, 6) is 0.803. The minimum Gasteiger partial charge on any atom is -0.396 e. The molecule has 2 aliphatic rings. The van der Waals surface area contributed by atoms with E-state index in [4.69, 9.17) is 4.98 Å². The minimum absolute atomic E-state index is 0.108. The molecule has 3 aromatic rings. The number of fused-ring (bicyclic) bond motifs is 1. The largest absolute Gasteiger partial charge is 0.396 e. The summed E-state index contributed by atoms with van der Waals surface area (Å²) in [6, 6.07) is 3.92. The number of anilines is 3. The van der Waals surface area contributed by atoms with Crippen molar-refractivity contribution in [1.82, 2.24) is 19.5 Å². The molecule has 9 heteroatoms. The fraction of sp³-hybridized carbons (Fsp3) is 0.560. The normalized spacial score (nSPS) is 25.4. The van der Waals surface area contributed by atoms with Gasteiger partial charge in [0.2, 0.25) is 11.9 Å². The SMILES string of the molecule is C[C@H]1CC[C@H](Nc2ncc3nc(Nc4ccc(F)cc4F)n([C@H]4CC[C@@H](CO)CC4)c3n2)CC1. The number of nitrogens with one attached hydrogen (secondary N) is 2. The van der Waals surface area contributed by atoms with Crippen molar-refractivity contribution in [2.45, 2.75) is 70.4 Å². The lowest BCUT2D eigenvalue weighted by Crippen LogP contribution is -2.26. The second-order valence-corrected chi connectivity index (χ2v) is 9.92. The van der Waals surface area contributed by atoms with Crippen LogP contribution in [-0.4, -0.2) is 37.3 Å². The van der Waals surface area contributed by atoms with Crippen LogP contribution in [0, 0.1) is 23.5 Å². The van der Waals surface area contributed by atoms with E-state index < -0.39 is 11.6 Å². The Bertz CT molecular complexity index is 1140.